The van der Waals surface area contributed by atoms with Crippen LogP contribution in [0.5, 0.6) is 5.75 Å². The summed E-state index contributed by atoms with van der Waals surface area (Å²) >= 11 is 0. The molecule has 634 valence electrons. The number of amides is 11. The molecule has 2 aromatic carbocycles. The number of nitrogens with one attached hydrogen (secondary N) is 12. The third kappa shape index (κ3) is 32.3. The number of benzene rings is 2. The maximum atomic E-state index is 15.1. The average Bonchev–Trinajstić information content (AvgIpc) is 1.76. The molecule has 34 heteroatoms. The van der Waals surface area contributed by atoms with E-state index in [1.807, 2.05) is 26.0 Å². The van der Waals surface area contributed by atoms with E-state index in [2.05, 4.69) is 63.5 Å². The van der Waals surface area contributed by atoms with Gasteiger partial charge in [-0.05, 0) is 156 Å². The van der Waals surface area contributed by atoms with Crippen molar-refractivity contribution in [2.24, 2.45) is 34.6 Å². The van der Waals surface area contributed by atoms with Crippen molar-refractivity contribution in [1.82, 2.24) is 68.4 Å². The molecular weight excluding hydrogens is 1490 g/mol. The summed E-state index contributed by atoms with van der Waals surface area (Å²) in [6.45, 7) is 15.7. The molecule has 0 fully saturated rings. The van der Waals surface area contributed by atoms with Gasteiger partial charge in [0, 0.05) is 68.2 Å². The molecule has 3 unspecified atom stereocenters. The quantitative estimate of drug-likeness (QED) is 0.0318. The number of likely N-dealkylation sites (N-methyl/N-ethyl adjacent to an activating group) is 1. The predicted molar refractivity (Wildman–Crippen MR) is 427 cm³/mol. The van der Waals surface area contributed by atoms with Gasteiger partial charge in [-0.25, -0.2) is 0 Å². The number of para-hydroxylation sites is 1. The summed E-state index contributed by atoms with van der Waals surface area (Å²) < 4.78 is 0. The van der Waals surface area contributed by atoms with Crippen LogP contribution >= 0.6 is 0 Å². The van der Waals surface area contributed by atoms with Crippen LogP contribution in [0, 0.1) is 23.2 Å². The number of H-pyrrole nitrogens is 1. The molecule has 3 aromatic rings. The van der Waals surface area contributed by atoms with Gasteiger partial charge in [0.1, 0.15) is 53.3 Å². The van der Waals surface area contributed by atoms with Crippen molar-refractivity contribution < 1.29 is 91.7 Å². The molecule has 0 saturated carbocycles. The van der Waals surface area contributed by atoms with Gasteiger partial charge >= 0.3 is 5.97 Å². The highest BCUT2D eigenvalue weighted by Gasteiger charge is 2.42. The Balaban J connectivity index is 1.73. The third-order valence-electron chi connectivity index (χ3n) is 20.2. The number of aromatic nitrogens is 1. The molecule has 0 radical (unpaired) electrons. The van der Waals surface area contributed by atoms with Gasteiger partial charge in [0.05, 0.1) is 42.0 Å². The summed E-state index contributed by atoms with van der Waals surface area (Å²) in [6.07, 6.45) is 6.72. The van der Waals surface area contributed by atoms with E-state index in [4.69, 9.17) is 11.5 Å². The molecule has 115 heavy (non-hydrogen) atoms. The predicted octanol–water partition coefficient (Wildman–Crippen LogP) is 1.25. The van der Waals surface area contributed by atoms with Crippen LogP contribution in [0.3, 0.4) is 0 Å². The van der Waals surface area contributed by atoms with Crippen LogP contribution < -0.4 is 70.0 Å². The van der Waals surface area contributed by atoms with Crippen molar-refractivity contribution in [3.05, 3.63) is 78.0 Å². The number of primary amides is 2. The number of rotatable bonds is 31. The number of carboxylic acid groups (broad SMARTS) is 1. The first-order chi connectivity index (χ1) is 53.9. The van der Waals surface area contributed by atoms with E-state index < -0.39 is 197 Å². The lowest BCUT2D eigenvalue weighted by molar-refractivity contribution is -0.141. The lowest BCUT2D eigenvalue weighted by Crippen LogP contribution is -2.62. The van der Waals surface area contributed by atoms with Crippen LogP contribution in [-0.4, -0.2) is 220 Å². The fourth-order valence-electron chi connectivity index (χ4n) is 13.0. The Labute approximate surface area is 671 Å². The maximum Gasteiger partial charge on any atom is 0.303 e. The van der Waals surface area contributed by atoms with Crippen LogP contribution in [-0.2, 0) is 94.3 Å². The molecule has 2 heterocycles. The summed E-state index contributed by atoms with van der Waals surface area (Å²) in [5.41, 5.74) is 9.21. The average molecular weight is 1610 g/mol. The van der Waals surface area contributed by atoms with Crippen molar-refractivity contribution in [2.45, 2.75) is 251 Å². The van der Waals surface area contributed by atoms with Crippen molar-refractivity contribution in [3.8, 4) is 5.75 Å². The molecule has 14 atom stereocenters. The highest BCUT2D eigenvalue weighted by molar-refractivity contribution is 6.41. The van der Waals surface area contributed by atoms with Gasteiger partial charge in [-0.1, -0.05) is 89.4 Å². The highest BCUT2D eigenvalue weighted by atomic mass is 16.4. The SMILES string of the molecule is CC(C)C[C@@H]1CN[C@@H](CCC(N)=O)C(=O)C(=O)[C@H](C)NC(=O)[C@H](Cc2c[nH]c3ccccc23)NC(=O)C(Cc2ccc(O)cc2)NC(=O)[C@H](CCC(=O)O)NC(=O)[C@](C)(CC(=O)CN(C)C)CCCCCC/C=C/CCC[C@@](C)(C(=O)NC(C)C(=O)N[C@@H](C)C(=O)NC(C)C(=O)N[C@@H](C)C(=O)C(=O)[C@H](C)NC[C@H](C)C(N)=O)NC1=O. The number of nitrogens with zero attached hydrogens (tertiary/aromatic N) is 1. The number of aliphatic carboxylic acids is 1. The number of aromatic amines is 1. The van der Waals surface area contributed by atoms with E-state index in [1.54, 1.807) is 56.4 Å². The number of carboxylic acids is 1. The normalized spacial score (nSPS) is 23.2. The number of carbonyl (C=O) groups excluding carboxylic acids is 16. The Bertz CT molecular complexity index is 3970. The van der Waals surface area contributed by atoms with Gasteiger partial charge in [-0.15, -0.1) is 0 Å². The Kier molecular flexibility index (Phi) is 39.3. The standard InChI is InChI=1S/C81H121N15O19/c1-45(2)37-55-43-86-60(31-33-64(82)99)69(105)68(104)49(6)88-76(112)63(39-54-42-85-59-26-22-21-25-58(54)59)93-77(113)62(38-53-27-29-56(97)30-28-53)92-75(111)61(32-34-65(100)101)94-78(114)80(10,40-57(98)44-96(12)13)35-23-19-17-15-14-16-18-20-24-36-81(11,95-74(55)110)79(115)91-52(9)73(109)90-51(8)72(108)89-50(7)71(107)87-48(5)67(103)66(102)47(4)84-41-46(3)70(83)106/h16,18,21-22,25-30,42,45-52,55,60-63,84-86,97H,14-15,17,19-20,23-24,31-41,43-44H2,1-13H3,(H2,82,99)(H2,83,106)(H,87,107)(H,88,112)(H,89,108)(H,90,109)(H,91,115)(H,92,111)(H,93,113)(H,94,114)(H,95,110)(H,100,101)/b18-16+/t46-,47-,48-,49-,50?,51-,52?,55+,60-,61-,62?,63-,80-,81-/m0/s1. The molecule has 0 bridgehead atoms. The maximum absolute atomic E-state index is 15.1. The molecule has 0 spiro atoms. The van der Waals surface area contributed by atoms with Gasteiger partial charge in [0.25, 0.3) is 0 Å². The third-order valence-corrected chi connectivity index (χ3v) is 20.2. The van der Waals surface area contributed by atoms with Crippen LogP contribution in [0.1, 0.15) is 184 Å². The number of allylic oxidation sites excluding steroid dienone is 2. The summed E-state index contributed by atoms with van der Waals surface area (Å²) in [5, 5.41) is 50.1. The smallest absolute Gasteiger partial charge is 0.303 e. The molecule has 4 rings (SSSR count). The van der Waals surface area contributed by atoms with Crippen molar-refractivity contribution in [1.29, 1.82) is 0 Å². The van der Waals surface area contributed by atoms with E-state index in [9.17, 15) is 86.9 Å². The van der Waals surface area contributed by atoms with Crippen molar-refractivity contribution in [2.75, 3.05) is 33.7 Å². The number of fused-ring (bicyclic) bond motifs is 1. The number of Topliss-reactive ketones (excluding diaryl/α,β-unsaturated/α-hetero) is 5. The lowest BCUT2D eigenvalue weighted by atomic mass is 9.78. The minimum Gasteiger partial charge on any atom is -0.508 e. The number of hydrogen-bond donors (Lipinski definition) is 16. The Hall–Kier alpha value is -10.6. The Morgan fingerprint density at radius 3 is 1.74 bits per heavy atom. The molecule has 0 aliphatic carbocycles. The number of nitrogens with two attached hydrogens (primary N) is 2. The van der Waals surface area contributed by atoms with Crippen LogP contribution in [0.15, 0.2) is 66.9 Å². The van der Waals surface area contributed by atoms with Gasteiger partial charge in [0.15, 0.2) is 0 Å². The zero-order valence-electron chi connectivity index (χ0n) is 68.4. The van der Waals surface area contributed by atoms with E-state index >= 15 is 4.79 Å². The van der Waals surface area contributed by atoms with E-state index in [-0.39, 0.29) is 88.5 Å². The largest absolute Gasteiger partial charge is 0.508 e. The van der Waals surface area contributed by atoms with E-state index in [0.29, 0.717) is 60.6 Å². The first-order valence-corrected chi connectivity index (χ1v) is 39.3. The van der Waals surface area contributed by atoms with Crippen LogP contribution in [0.2, 0.25) is 0 Å². The minimum absolute atomic E-state index is 0.0147. The zero-order chi connectivity index (χ0) is 86.2. The Morgan fingerprint density at radius 1 is 0.600 bits per heavy atom. The van der Waals surface area contributed by atoms with Gasteiger partial charge in [0.2, 0.25) is 88.1 Å². The number of phenols is 1. The molecule has 18 N–H and O–H groups in total. The summed E-state index contributed by atoms with van der Waals surface area (Å²) in [7, 11) is 3.38. The molecule has 1 aliphatic rings. The first kappa shape index (κ1) is 96.8. The monoisotopic (exact) mass is 1610 g/mol. The number of phenolic OH excluding ortho intramolecular Hbond substituents is 1. The molecule has 34 nitrogen and oxygen atoms in total. The van der Waals surface area contributed by atoms with E-state index in [0.717, 1.165) is 0 Å². The number of carbonyl (C=O) groups is 17. The topological polar surface area (TPSA) is 534 Å². The number of aromatic hydroxyl groups is 1. The lowest BCUT2D eigenvalue weighted by Gasteiger charge is -2.33. The van der Waals surface area contributed by atoms with Crippen LogP contribution in [0.4, 0.5) is 0 Å². The zero-order valence-corrected chi connectivity index (χ0v) is 68.4. The Morgan fingerprint density at radius 2 is 1.15 bits per heavy atom. The van der Waals surface area contributed by atoms with Crippen molar-refractivity contribution in [3.63, 3.8) is 0 Å². The summed E-state index contributed by atoms with van der Waals surface area (Å²) in [5.74, 6) is -17.0. The molecule has 1 aromatic heterocycles. The summed E-state index contributed by atoms with van der Waals surface area (Å²) in [6, 6.07) is -1.62. The number of ketones is 5. The molecule has 1 aliphatic heterocycles. The van der Waals surface area contributed by atoms with Gasteiger partial charge in [-0.3, -0.25) is 81.5 Å². The first-order valence-electron chi connectivity index (χ1n) is 39.3. The van der Waals surface area contributed by atoms with Gasteiger partial charge in [-0.2, -0.15) is 0 Å². The second-order valence-corrected chi connectivity index (χ2v) is 31.5. The fourth-order valence-corrected chi connectivity index (χ4v) is 13.0. The van der Waals surface area contributed by atoms with E-state index in [1.165, 1.54) is 79.7 Å². The van der Waals surface area contributed by atoms with Gasteiger partial charge < -0.3 is 90.0 Å². The van der Waals surface area contributed by atoms with Crippen molar-refractivity contribution >= 4 is 111 Å². The molecular formula is C81H121N15O19. The second kappa shape index (κ2) is 46.7. The highest BCUT2D eigenvalue weighted by Crippen LogP contribution is 2.31. The number of hydrogen-bond acceptors (Lipinski definition) is 21. The minimum atomic E-state index is -1.78. The fraction of sp³-hybridized carbons (Fsp3) is 0.593. The van der Waals surface area contributed by atoms with Crippen LogP contribution in [0.25, 0.3) is 10.9 Å². The summed E-state index contributed by atoms with van der Waals surface area (Å²) in [4.78, 5) is 239. The molecule has 11 amide bonds. The molecule has 0 saturated heterocycles. The second-order valence-electron chi connectivity index (χ2n) is 31.5.